The standard InChI is InChI=1S/C16H22N4O/c1-3-4-14-9-15(20-19-14)16(21)18-11(2)13-7-5-12(10-17)6-8-13/h5-8,11,14-15,19-20H,3-4,9H2,1-2H3,(H,18,21). The molecule has 3 atom stereocenters. The van der Waals surface area contributed by atoms with Gasteiger partial charge in [-0.05, 0) is 37.5 Å². The number of nitriles is 1. The molecule has 0 spiro atoms. The number of carbonyl (C=O) groups is 1. The Kier molecular flexibility index (Phi) is 5.32. The zero-order chi connectivity index (χ0) is 15.2. The van der Waals surface area contributed by atoms with Crippen molar-refractivity contribution in [1.82, 2.24) is 16.2 Å². The Balaban J connectivity index is 1.88. The molecule has 2 rings (SSSR count). The van der Waals surface area contributed by atoms with Gasteiger partial charge in [0.05, 0.1) is 17.7 Å². The fourth-order valence-electron chi connectivity index (χ4n) is 2.58. The zero-order valence-corrected chi connectivity index (χ0v) is 12.5. The van der Waals surface area contributed by atoms with E-state index in [0.29, 0.717) is 11.6 Å². The van der Waals surface area contributed by atoms with Crippen molar-refractivity contribution < 1.29 is 4.79 Å². The SMILES string of the molecule is CCCC1CC(C(=O)NC(C)c2ccc(C#N)cc2)NN1. The lowest BCUT2D eigenvalue weighted by Gasteiger charge is -2.17. The maximum absolute atomic E-state index is 12.2. The minimum Gasteiger partial charge on any atom is -0.348 e. The summed E-state index contributed by atoms with van der Waals surface area (Å²) in [7, 11) is 0. The molecule has 5 nitrogen and oxygen atoms in total. The Morgan fingerprint density at radius 1 is 1.43 bits per heavy atom. The minimum atomic E-state index is -0.178. The van der Waals surface area contributed by atoms with E-state index in [0.717, 1.165) is 24.8 Å². The summed E-state index contributed by atoms with van der Waals surface area (Å²) >= 11 is 0. The molecule has 0 aliphatic carbocycles. The van der Waals surface area contributed by atoms with Crippen molar-refractivity contribution >= 4 is 5.91 Å². The lowest BCUT2D eigenvalue weighted by Crippen LogP contribution is -2.44. The van der Waals surface area contributed by atoms with Crippen molar-refractivity contribution in [3.05, 3.63) is 35.4 Å². The summed E-state index contributed by atoms with van der Waals surface area (Å²) in [5.74, 6) is 0.0120. The maximum atomic E-state index is 12.2. The number of nitrogens with zero attached hydrogens (tertiary/aromatic N) is 1. The summed E-state index contributed by atoms with van der Waals surface area (Å²) in [4.78, 5) is 12.2. The van der Waals surface area contributed by atoms with Crippen LogP contribution in [0.25, 0.3) is 0 Å². The van der Waals surface area contributed by atoms with Gasteiger partial charge in [-0.1, -0.05) is 25.5 Å². The van der Waals surface area contributed by atoms with E-state index in [9.17, 15) is 4.79 Å². The monoisotopic (exact) mass is 286 g/mol. The first-order chi connectivity index (χ1) is 10.1. The second-order valence-electron chi connectivity index (χ2n) is 5.53. The quantitative estimate of drug-likeness (QED) is 0.771. The summed E-state index contributed by atoms with van der Waals surface area (Å²) in [6.45, 7) is 4.09. The first-order valence-electron chi connectivity index (χ1n) is 7.45. The fraction of sp³-hybridized carbons (Fsp3) is 0.500. The molecular formula is C16H22N4O. The number of rotatable bonds is 5. The van der Waals surface area contributed by atoms with E-state index in [1.807, 2.05) is 19.1 Å². The second-order valence-corrected chi connectivity index (χ2v) is 5.53. The lowest BCUT2D eigenvalue weighted by molar-refractivity contribution is -0.123. The van der Waals surface area contributed by atoms with Gasteiger partial charge >= 0.3 is 0 Å². The Labute approximate surface area is 125 Å². The van der Waals surface area contributed by atoms with Crippen LogP contribution in [0.2, 0.25) is 0 Å². The van der Waals surface area contributed by atoms with E-state index in [2.05, 4.69) is 29.2 Å². The van der Waals surface area contributed by atoms with Crippen LogP contribution in [0.4, 0.5) is 0 Å². The summed E-state index contributed by atoms with van der Waals surface area (Å²) in [5, 5.41) is 11.8. The Bertz CT molecular complexity index is 520. The number of amides is 1. The first kappa shape index (κ1) is 15.5. The summed E-state index contributed by atoms with van der Waals surface area (Å²) in [6, 6.07) is 9.51. The van der Waals surface area contributed by atoms with Crippen LogP contribution in [-0.4, -0.2) is 18.0 Å². The molecule has 1 fully saturated rings. The molecule has 1 aliphatic heterocycles. The highest BCUT2D eigenvalue weighted by atomic mass is 16.2. The molecule has 1 aliphatic rings. The first-order valence-corrected chi connectivity index (χ1v) is 7.45. The smallest absolute Gasteiger partial charge is 0.239 e. The summed E-state index contributed by atoms with van der Waals surface area (Å²) in [6.07, 6.45) is 3.00. The maximum Gasteiger partial charge on any atom is 0.239 e. The van der Waals surface area contributed by atoms with Gasteiger partial charge in [-0.2, -0.15) is 5.26 Å². The highest BCUT2D eigenvalue weighted by Gasteiger charge is 2.29. The molecule has 1 heterocycles. The van der Waals surface area contributed by atoms with Crippen molar-refractivity contribution in [2.75, 3.05) is 0 Å². The van der Waals surface area contributed by atoms with Crippen molar-refractivity contribution in [2.24, 2.45) is 0 Å². The number of benzene rings is 1. The van der Waals surface area contributed by atoms with Crippen molar-refractivity contribution in [2.45, 2.75) is 51.2 Å². The largest absolute Gasteiger partial charge is 0.348 e. The molecule has 1 saturated heterocycles. The van der Waals surface area contributed by atoms with E-state index in [1.165, 1.54) is 0 Å². The molecule has 0 bridgehead atoms. The number of carbonyl (C=O) groups excluding carboxylic acids is 1. The van der Waals surface area contributed by atoms with E-state index in [4.69, 9.17) is 5.26 Å². The van der Waals surface area contributed by atoms with Gasteiger partial charge < -0.3 is 5.32 Å². The van der Waals surface area contributed by atoms with Gasteiger partial charge in [0, 0.05) is 6.04 Å². The normalized spacial score (nSPS) is 22.5. The molecule has 3 N–H and O–H groups in total. The molecule has 1 aromatic rings. The lowest BCUT2D eigenvalue weighted by atomic mass is 10.0. The third kappa shape index (κ3) is 4.03. The van der Waals surface area contributed by atoms with Crippen molar-refractivity contribution in [1.29, 1.82) is 5.26 Å². The van der Waals surface area contributed by atoms with Crippen LogP contribution in [0.5, 0.6) is 0 Å². The van der Waals surface area contributed by atoms with E-state index in [-0.39, 0.29) is 18.0 Å². The van der Waals surface area contributed by atoms with Gasteiger partial charge in [0.25, 0.3) is 0 Å². The fourth-order valence-corrected chi connectivity index (χ4v) is 2.58. The predicted octanol–water partition coefficient (Wildman–Crippen LogP) is 1.77. The summed E-state index contributed by atoms with van der Waals surface area (Å²) < 4.78 is 0. The van der Waals surface area contributed by atoms with E-state index < -0.39 is 0 Å². The van der Waals surface area contributed by atoms with Crippen LogP contribution in [0.15, 0.2) is 24.3 Å². The molecule has 0 saturated carbocycles. The molecule has 0 radical (unpaired) electrons. The molecule has 1 amide bonds. The third-order valence-corrected chi connectivity index (χ3v) is 3.83. The number of nitrogens with one attached hydrogen (secondary N) is 3. The molecule has 21 heavy (non-hydrogen) atoms. The van der Waals surface area contributed by atoms with Crippen LogP contribution in [0.1, 0.15) is 50.3 Å². The number of hydrogen-bond acceptors (Lipinski definition) is 4. The molecule has 0 aromatic heterocycles. The summed E-state index contributed by atoms with van der Waals surface area (Å²) in [5.41, 5.74) is 7.86. The highest BCUT2D eigenvalue weighted by molar-refractivity contribution is 5.82. The number of hydrazine groups is 1. The van der Waals surface area contributed by atoms with Gasteiger partial charge in [-0.3, -0.25) is 10.2 Å². The third-order valence-electron chi connectivity index (χ3n) is 3.83. The molecular weight excluding hydrogens is 264 g/mol. The van der Waals surface area contributed by atoms with Gasteiger partial charge in [0.1, 0.15) is 6.04 Å². The van der Waals surface area contributed by atoms with Crippen LogP contribution in [0.3, 0.4) is 0 Å². The minimum absolute atomic E-state index is 0.0120. The zero-order valence-electron chi connectivity index (χ0n) is 12.5. The molecule has 3 unspecified atom stereocenters. The van der Waals surface area contributed by atoms with Crippen LogP contribution >= 0.6 is 0 Å². The average Bonchev–Trinajstić information content (AvgIpc) is 2.96. The molecule has 5 heteroatoms. The molecule has 1 aromatic carbocycles. The Morgan fingerprint density at radius 2 is 2.14 bits per heavy atom. The Hall–Kier alpha value is -1.90. The highest BCUT2D eigenvalue weighted by Crippen LogP contribution is 2.15. The van der Waals surface area contributed by atoms with E-state index >= 15 is 0 Å². The van der Waals surface area contributed by atoms with Gasteiger partial charge in [0.2, 0.25) is 5.91 Å². The van der Waals surface area contributed by atoms with Crippen LogP contribution < -0.4 is 16.2 Å². The van der Waals surface area contributed by atoms with Crippen molar-refractivity contribution in [3.8, 4) is 6.07 Å². The van der Waals surface area contributed by atoms with Crippen LogP contribution in [0, 0.1) is 11.3 Å². The molecule has 112 valence electrons. The second kappa shape index (κ2) is 7.21. The number of hydrogen-bond donors (Lipinski definition) is 3. The Morgan fingerprint density at radius 3 is 2.76 bits per heavy atom. The van der Waals surface area contributed by atoms with Gasteiger partial charge in [0.15, 0.2) is 0 Å². The predicted molar refractivity (Wildman–Crippen MR) is 81.1 cm³/mol. The topological polar surface area (TPSA) is 77.0 Å². The van der Waals surface area contributed by atoms with Crippen molar-refractivity contribution in [3.63, 3.8) is 0 Å². The van der Waals surface area contributed by atoms with E-state index in [1.54, 1.807) is 12.1 Å². The van der Waals surface area contributed by atoms with Crippen LogP contribution in [-0.2, 0) is 4.79 Å². The van der Waals surface area contributed by atoms with Gasteiger partial charge in [-0.25, -0.2) is 5.43 Å². The average molecular weight is 286 g/mol. The van der Waals surface area contributed by atoms with Gasteiger partial charge in [-0.15, -0.1) is 0 Å².